The lowest BCUT2D eigenvalue weighted by molar-refractivity contribution is -0.144. The van der Waals surface area contributed by atoms with E-state index >= 15 is 0 Å². The number of Topliss-reactive ketones (excluding diaryl/α,β-unsaturated/α-hetero) is 1. The SMILES string of the molecule is Br.O=C(Cn1c(NCCO)nc2ccccc21)C12CC3CC(CC(C3)C1)C2. The zero-order chi connectivity index (χ0) is 17.7. The Balaban J connectivity index is 0.00000180. The molecule has 0 radical (unpaired) electrons. The summed E-state index contributed by atoms with van der Waals surface area (Å²) in [7, 11) is 0. The van der Waals surface area contributed by atoms with E-state index in [1.54, 1.807) is 0 Å². The number of aromatic nitrogens is 2. The van der Waals surface area contributed by atoms with Crippen LogP contribution in [-0.2, 0) is 11.3 Å². The normalized spacial score (nSPS) is 31.1. The second kappa shape index (κ2) is 7.21. The smallest absolute Gasteiger partial charge is 0.204 e. The van der Waals surface area contributed by atoms with Crippen LogP contribution in [0.5, 0.6) is 0 Å². The van der Waals surface area contributed by atoms with Crippen molar-refractivity contribution in [1.82, 2.24) is 9.55 Å². The summed E-state index contributed by atoms with van der Waals surface area (Å²) < 4.78 is 2.02. The van der Waals surface area contributed by atoms with Gasteiger partial charge < -0.3 is 15.0 Å². The van der Waals surface area contributed by atoms with Crippen molar-refractivity contribution in [2.45, 2.75) is 45.1 Å². The number of carbonyl (C=O) groups is 1. The molecule has 146 valence electrons. The van der Waals surface area contributed by atoms with E-state index in [-0.39, 0.29) is 29.0 Å². The number of aliphatic hydroxyl groups is 1. The fourth-order valence-corrected chi connectivity index (χ4v) is 6.30. The number of para-hydroxylation sites is 2. The molecule has 4 aliphatic rings. The minimum atomic E-state index is -0.0889. The molecule has 4 saturated carbocycles. The number of hydrogen-bond acceptors (Lipinski definition) is 4. The van der Waals surface area contributed by atoms with E-state index < -0.39 is 0 Å². The van der Waals surface area contributed by atoms with Crippen molar-refractivity contribution >= 4 is 39.7 Å². The average Bonchev–Trinajstić information content (AvgIpc) is 2.96. The summed E-state index contributed by atoms with van der Waals surface area (Å²) in [6, 6.07) is 7.96. The number of benzene rings is 1. The molecule has 0 aliphatic heterocycles. The Labute approximate surface area is 170 Å². The van der Waals surface area contributed by atoms with Crippen molar-refractivity contribution in [3.8, 4) is 0 Å². The first-order chi connectivity index (χ1) is 12.7. The van der Waals surface area contributed by atoms with Crippen LogP contribution in [0.2, 0.25) is 0 Å². The Morgan fingerprint density at radius 1 is 1.15 bits per heavy atom. The maximum atomic E-state index is 13.5. The van der Waals surface area contributed by atoms with Gasteiger partial charge in [-0.05, 0) is 68.4 Å². The van der Waals surface area contributed by atoms with Crippen LogP contribution in [0.1, 0.15) is 38.5 Å². The van der Waals surface area contributed by atoms with E-state index in [2.05, 4.69) is 10.3 Å². The van der Waals surface area contributed by atoms with Gasteiger partial charge in [0.1, 0.15) is 0 Å². The summed E-state index contributed by atoms with van der Waals surface area (Å²) in [5.74, 6) is 3.41. The first-order valence-corrected chi connectivity index (χ1v) is 10.0. The molecule has 6 rings (SSSR count). The topological polar surface area (TPSA) is 67.2 Å². The van der Waals surface area contributed by atoms with Crippen molar-refractivity contribution in [2.24, 2.45) is 23.2 Å². The lowest BCUT2D eigenvalue weighted by Gasteiger charge is -2.56. The minimum absolute atomic E-state index is 0. The molecule has 4 fully saturated rings. The van der Waals surface area contributed by atoms with Gasteiger partial charge in [0, 0.05) is 12.0 Å². The molecule has 1 aromatic carbocycles. The molecule has 0 unspecified atom stereocenters. The second-order valence-electron chi connectivity index (χ2n) is 8.78. The highest BCUT2D eigenvalue weighted by molar-refractivity contribution is 8.93. The highest BCUT2D eigenvalue weighted by Gasteiger charge is 2.54. The van der Waals surface area contributed by atoms with Gasteiger partial charge in [-0.3, -0.25) is 4.79 Å². The standard InChI is InChI=1S/C21H27N3O2.BrH/c25-6-5-22-20-23-17-3-1-2-4-18(17)24(20)13-19(26)21-10-14-7-15(11-21)9-16(8-14)12-21;/h1-4,14-16,25H,5-13H2,(H,22,23);1H. The number of carbonyl (C=O) groups excluding carboxylic acids is 1. The van der Waals surface area contributed by atoms with Crippen LogP contribution >= 0.6 is 17.0 Å². The molecule has 6 heteroatoms. The third-order valence-electron chi connectivity index (χ3n) is 6.98. The number of nitrogens with zero attached hydrogens (tertiary/aromatic N) is 2. The Morgan fingerprint density at radius 2 is 1.78 bits per heavy atom. The fourth-order valence-electron chi connectivity index (χ4n) is 6.30. The monoisotopic (exact) mass is 433 g/mol. The van der Waals surface area contributed by atoms with Gasteiger partial charge >= 0.3 is 0 Å². The van der Waals surface area contributed by atoms with Crippen LogP contribution < -0.4 is 5.32 Å². The predicted octanol–water partition coefficient (Wildman–Crippen LogP) is 3.80. The van der Waals surface area contributed by atoms with Crippen molar-refractivity contribution < 1.29 is 9.90 Å². The molecule has 4 aliphatic carbocycles. The van der Waals surface area contributed by atoms with Gasteiger partial charge in [0.15, 0.2) is 5.78 Å². The summed E-state index contributed by atoms with van der Waals surface area (Å²) >= 11 is 0. The van der Waals surface area contributed by atoms with Crippen molar-refractivity contribution in [3.63, 3.8) is 0 Å². The second-order valence-corrected chi connectivity index (χ2v) is 8.78. The van der Waals surface area contributed by atoms with Crippen LogP contribution in [0.4, 0.5) is 5.95 Å². The van der Waals surface area contributed by atoms with Crippen LogP contribution in [-0.4, -0.2) is 33.6 Å². The maximum Gasteiger partial charge on any atom is 0.204 e. The van der Waals surface area contributed by atoms with Gasteiger partial charge in [-0.25, -0.2) is 4.98 Å². The largest absolute Gasteiger partial charge is 0.395 e. The number of fused-ring (bicyclic) bond motifs is 1. The first-order valence-electron chi connectivity index (χ1n) is 10.0. The molecule has 4 bridgehead atoms. The molecule has 0 saturated heterocycles. The first kappa shape index (κ1) is 18.9. The number of hydrogen-bond donors (Lipinski definition) is 2. The Hall–Kier alpha value is -1.40. The zero-order valence-electron chi connectivity index (χ0n) is 15.6. The molecule has 2 N–H and O–H groups in total. The summed E-state index contributed by atoms with van der Waals surface area (Å²) in [4.78, 5) is 18.1. The maximum absolute atomic E-state index is 13.5. The molecule has 0 atom stereocenters. The predicted molar refractivity (Wildman–Crippen MR) is 111 cm³/mol. The molecule has 5 nitrogen and oxygen atoms in total. The molecular weight excluding hydrogens is 406 g/mol. The van der Waals surface area contributed by atoms with Gasteiger partial charge in [-0.2, -0.15) is 0 Å². The van der Waals surface area contributed by atoms with E-state index in [0.29, 0.717) is 24.8 Å². The average molecular weight is 434 g/mol. The molecule has 1 aromatic heterocycles. The van der Waals surface area contributed by atoms with Gasteiger partial charge in [0.25, 0.3) is 0 Å². The van der Waals surface area contributed by atoms with Crippen LogP contribution in [0.3, 0.4) is 0 Å². The third-order valence-corrected chi connectivity index (χ3v) is 6.98. The lowest BCUT2D eigenvalue weighted by Crippen LogP contribution is -2.50. The molecule has 1 heterocycles. The van der Waals surface area contributed by atoms with Gasteiger partial charge in [-0.1, -0.05) is 12.1 Å². The third kappa shape index (κ3) is 3.21. The van der Waals surface area contributed by atoms with E-state index in [4.69, 9.17) is 5.11 Å². The number of ketones is 1. The minimum Gasteiger partial charge on any atom is -0.395 e. The van der Waals surface area contributed by atoms with Crippen LogP contribution in [0, 0.1) is 23.2 Å². The number of aliphatic hydroxyl groups excluding tert-OH is 1. The summed E-state index contributed by atoms with van der Waals surface area (Å²) in [6.07, 6.45) is 7.36. The number of nitrogens with one attached hydrogen (secondary N) is 1. The van der Waals surface area contributed by atoms with Crippen molar-refractivity contribution in [3.05, 3.63) is 24.3 Å². The molecule has 27 heavy (non-hydrogen) atoms. The molecule has 0 spiro atoms. The van der Waals surface area contributed by atoms with Gasteiger partial charge in [0.2, 0.25) is 5.95 Å². The Bertz CT molecular complexity index is 812. The molecule has 0 amide bonds. The zero-order valence-corrected chi connectivity index (χ0v) is 17.3. The van der Waals surface area contributed by atoms with E-state index in [0.717, 1.165) is 48.0 Å². The highest BCUT2D eigenvalue weighted by atomic mass is 79.9. The van der Waals surface area contributed by atoms with Crippen LogP contribution in [0.15, 0.2) is 24.3 Å². The number of imidazole rings is 1. The number of halogens is 1. The molecular formula is C21H28BrN3O2. The number of rotatable bonds is 6. The van der Waals surface area contributed by atoms with Gasteiger partial charge in [0.05, 0.1) is 24.2 Å². The molecule has 2 aromatic rings. The lowest BCUT2D eigenvalue weighted by atomic mass is 9.48. The van der Waals surface area contributed by atoms with E-state index in [1.807, 2.05) is 28.8 Å². The quantitative estimate of drug-likeness (QED) is 0.726. The van der Waals surface area contributed by atoms with E-state index in [1.165, 1.54) is 19.3 Å². The highest BCUT2D eigenvalue weighted by Crippen LogP contribution is 2.60. The Kier molecular flexibility index (Phi) is 5.06. The fraction of sp³-hybridized carbons (Fsp3) is 0.619. The summed E-state index contributed by atoms with van der Waals surface area (Å²) in [6.45, 7) is 0.876. The number of anilines is 1. The summed E-state index contributed by atoms with van der Waals surface area (Å²) in [5, 5.41) is 12.3. The Morgan fingerprint density at radius 3 is 2.41 bits per heavy atom. The van der Waals surface area contributed by atoms with E-state index in [9.17, 15) is 4.79 Å². The van der Waals surface area contributed by atoms with Crippen LogP contribution in [0.25, 0.3) is 11.0 Å². The summed E-state index contributed by atoms with van der Waals surface area (Å²) in [5.41, 5.74) is 1.80. The van der Waals surface area contributed by atoms with Crippen molar-refractivity contribution in [2.75, 3.05) is 18.5 Å². The van der Waals surface area contributed by atoms with Crippen molar-refractivity contribution in [1.29, 1.82) is 0 Å². The van der Waals surface area contributed by atoms with Gasteiger partial charge in [-0.15, -0.1) is 17.0 Å².